The lowest BCUT2D eigenvalue weighted by Crippen LogP contribution is -2.34. The maximum absolute atomic E-state index is 3.96. The summed E-state index contributed by atoms with van der Waals surface area (Å²) in [6, 6.07) is 0.823. The standard InChI is InChI=1S/C18H33N/c1-17(2,3)14-5-4-6-16(10-9-14)19-13-18(11-12-18)15-7-8-15/h14-16,19H,4-13H2,1-3H3. The molecule has 0 bridgehead atoms. The van der Waals surface area contributed by atoms with E-state index in [2.05, 4.69) is 26.1 Å². The molecule has 1 nitrogen and oxygen atoms in total. The highest BCUT2D eigenvalue weighted by molar-refractivity contribution is 5.05. The molecule has 0 aromatic carbocycles. The molecule has 1 heteroatoms. The molecule has 0 heterocycles. The quantitative estimate of drug-likeness (QED) is 0.721. The van der Waals surface area contributed by atoms with Crippen molar-refractivity contribution in [3.63, 3.8) is 0 Å². The molecule has 2 unspecified atom stereocenters. The van der Waals surface area contributed by atoms with Crippen LogP contribution in [0.25, 0.3) is 0 Å². The van der Waals surface area contributed by atoms with Gasteiger partial charge in [-0.05, 0) is 74.0 Å². The fraction of sp³-hybridized carbons (Fsp3) is 1.00. The van der Waals surface area contributed by atoms with Crippen molar-refractivity contribution in [2.24, 2.45) is 22.7 Å². The van der Waals surface area contributed by atoms with Gasteiger partial charge in [0.25, 0.3) is 0 Å². The molecule has 3 aliphatic carbocycles. The van der Waals surface area contributed by atoms with E-state index >= 15 is 0 Å². The molecule has 0 aromatic rings. The molecule has 19 heavy (non-hydrogen) atoms. The van der Waals surface area contributed by atoms with E-state index in [1.165, 1.54) is 64.3 Å². The SMILES string of the molecule is CC(C)(C)C1CCCC(NCC2(C3CC3)CC2)CC1. The molecule has 3 saturated carbocycles. The molecule has 110 valence electrons. The highest BCUT2D eigenvalue weighted by Crippen LogP contribution is 2.60. The van der Waals surface area contributed by atoms with Crippen molar-refractivity contribution < 1.29 is 0 Å². The van der Waals surface area contributed by atoms with Gasteiger partial charge in [-0.15, -0.1) is 0 Å². The second-order valence-corrected chi connectivity index (χ2v) is 8.79. The van der Waals surface area contributed by atoms with Gasteiger partial charge in [0.05, 0.1) is 0 Å². The molecule has 0 aliphatic heterocycles. The van der Waals surface area contributed by atoms with Crippen molar-refractivity contribution in [3.05, 3.63) is 0 Å². The third kappa shape index (κ3) is 3.35. The predicted molar refractivity (Wildman–Crippen MR) is 82.2 cm³/mol. The maximum atomic E-state index is 3.96. The predicted octanol–water partition coefficient (Wildman–Crippen LogP) is 4.76. The average molecular weight is 263 g/mol. The zero-order valence-electron chi connectivity index (χ0n) is 13.3. The highest BCUT2D eigenvalue weighted by Gasteiger charge is 2.53. The Morgan fingerprint density at radius 2 is 1.68 bits per heavy atom. The summed E-state index contributed by atoms with van der Waals surface area (Å²) in [6.45, 7) is 8.62. The normalized spacial score (nSPS) is 34.9. The summed E-state index contributed by atoms with van der Waals surface area (Å²) in [5, 5.41) is 3.96. The first-order chi connectivity index (χ1) is 9.00. The Hall–Kier alpha value is -0.0400. The van der Waals surface area contributed by atoms with Crippen LogP contribution in [0.15, 0.2) is 0 Å². The van der Waals surface area contributed by atoms with E-state index in [1.54, 1.807) is 0 Å². The van der Waals surface area contributed by atoms with Gasteiger partial charge >= 0.3 is 0 Å². The molecule has 3 rings (SSSR count). The Kier molecular flexibility index (Phi) is 3.71. The summed E-state index contributed by atoms with van der Waals surface area (Å²) in [4.78, 5) is 0. The van der Waals surface area contributed by atoms with Gasteiger partial charge in [0.2, 0.25) is 0 Å². The van der Waals surface area contributed by atoms with Crippen LogP contribution in [0.5, 0.6) is 0 Å². The van der Waals surface area contributed by atoms with Gasteiger partial charge in [0.15, 0.2) is 0 Å². The summed E-state index contributed by atoms with van der Waals surface area (Å²) in [7, 11) is 0. The summed E-state index contributed by atoms with van der Waals surface area (Å²) < 4.78 is 0. The van der Waals surface area contributed by atoms with E-state index in [1.807, 2.05) is 0 Å². The second kappa shape index (κ2) is 5.06. The maximum Gasteiger partial charge on any atom is 0.00674 e. The van der Waals surface area contributed by atoms with Crippen LogP contribution >= 0.6 is 0 Å². The van der Waals surface area contributed by atoms with Crippen molar-refractivity contribution >= 4 is 0 Å². The lowest BCUT2D eigenvalue weighted by atomic mass is 9.76. The van der Waals surface area contributed by atoms with E-state index in [-0.39, 0.29) is 0 Å². The van der Waals surface area contributed by atoms with Crippen molar-refractivity contribution in [1.29, 1.82) is 0 Å². The van der Waals surface area contributed by atoms with Gasteiger partial charge in [0, 0.05) is 12.6 Å². The zero-order valence-corrected chi connectivity index (χ0v) is 13.3. The molecule has 3 aliphatic rings. The Bertz CT molecular complexity index is 306. The zero-order chi connectivity index (χ0) is 13.5. The minimum Gasteiger partial charge on any atom is -0.313 e. The molecule has 3 fully saturated rings. The van der Waals surface area contributed by atoms with Crippen LogP contribution in [0.4, 0.5) is 0 Å². The molecule has 0 spiro atoms. The van der Waals surface area contributed by atoms with Crippen LogP contribution in [0.3, 0.4) is 0 Å². The van der Waals surface area contributed by atoms with Crippen LogP contribution in [0.1, 0.15) is 78.6 Å². The van der Waals surface area contributed by atoms with Crippen molar-refractivity contribution in [2.75, 3.05) is 6.54 Å². The Labute approximate surface area is 119 Å². The van der Waals surface area contributed by atoms with Gasteiger partial charge in [-0.25, -0.2) is 0 Å². The summed E-state index contributed by atoms with van der Waals surface area (Å²) >= 11 is 0. The summed E-state index contributed by atoms with van der Waals surface area (Å²) in [5.74, 6) is 2.05. The first-order valence-corrected chi connectivity index (χ1v) is 8.73. The molecule has 0 radical (unpaired) electrons. The lowest BCUT2D eigenvalue weighted by Gasteiger charge is -2.30. The van der Waals surface area contributed by atoms with E-state index in [0.717, 1.165) is 23.3 Å². The van der Waals surface area contributed by atoms with Crippen LogP contribution in [0.2, 0.25) is 0 Å². The van der Waals surface area contributed by atoms with Crippen molar-refractivity contribution in [3.8, 4) is 0 Å². The largest absolute Gasteiger partial charge is 0.313 e. The van der Waals surface area contributed by atoms with E-state index in [4.69, 9.17) is 0 Å². The fourth-order valence-corrected chi connectivity index (χ4v) is 4.31. The Morgan fingerprint density at radius 1 is 0.947 bits per heavy atom. The van der Waals surface area contributed by atoms with Crippen molar-refractivity contribution in [2.45, 2.75) is 84.6 Å². The van der Waals surface area contributed by atoms with E-state index < -0.39 is 0 Å². The minimum atomic E-state index is 0.515. The fourth-order valence-electron chi connectivity index (χ4n) is 4.31. The summed E-state index contributed by atoms with van der Waals surface area (Å²) in [5.41, 5.74) is 1.29. The molecule has 0 saturated heterocycles. The topological polar surface area (TPSA) is 12.0 Å². The highest BCUT2D eigenvalue weighted by atomic mass is 14.9. The van der Waals surface area contributed by atoms with Gasteiger partial charge < -0.3 is 5.32 Å². The van der Waals surface area contributed by atoms with Gasteiger partial charge in [-0.1, -0.05) is 27.2 Å². The van der Waals surface area contributed by atoms with E-state index in [9.17, 15) is 0 Å². The molecule has 0 aromatic heterocycles. The molecular weight excluding hydrogens is 230 g/mol. The van der Waals surface area contributed by atoms with E-state index in [0.29, 0.717) is 5.41 Å². The number of nitrogens with one attached hydrogen (secondary N) is 1. The Morgan fingerprint density at radius 3 is 2.26 bits per heavy atom. The molecular formula is C18H33N. The monoisotopic (exact) mass is 263 g/mol. The van der Waals surface area contributed by atoms with Gasteiger partial charge in [-0.2, -0.15) is 0 Å². The van der Waals surface area contributed by atoms with Crippen LogP contribution in [0, 0.1) is 22.7 Å². The summed E-state index contributed by atoms with van der Waals surface area (Å²) in [6.07, 6.45) is 13.3. The number of hydrogen-bond donors (Lipinski definition) is 1. The lowest BCUT2D eigenvalue weighted by molar-refractivity contribution is 0.213. The van der Waals surface area contributed by atoms with Crippen LogP contribution < -0.4 is 5.32 Å². The third-order valence-electron chi connectivity index (χ3n) is 6.27. The Balaban J connectivity index is 1.45. The van der Waals surface area contributed by atoms with Gasteiger partial charge in [0.1, 0.15) is 0 Å². The third-order valence-corrected chi connectivity index (χ3v) is 6.27. The second-order valence-electron chi connectivity index (χ2n) is 8.79. The first kappa shape index (κ1) is 13.9. The number of hydrogen-bond acceptors (Lipinski definition) is 1. The smallest absolute Gasteiger partial charge is 0.00674 e. The van der Waals surface area contributed by atoms with Crippen LogP contribution in [-0.2, 0) is 0 Å². The average Bonchev–Trinajstić information content (AvgIpc) is 3.17. The minimum absolute atomic E-state index is 0.515. The molecule has 0 amide bonds. The van der Waals surface area contributed by atoms with Crippen molar-refractivity contribution in [1.82, 2.24) is 5.32 Å². The van der Waals surface area contributed by atoms with Crippen LogP contribution in [-0.4, -0.2) is 12.6 Å². The first-order valence-electron chi connectivity index (χ1n) is 8.73. The molecule has 2 atom stereocenters. The molecule has 1 N–H and O–H groups in total. The number of rotatable bonds is 4. The van der Waals surface area contributed by atoms with Gasteiger partial charge in [-0.3, -0.25) is 0 Å².